The Hall–Kier alpha value is -5.24. The number of hydrogen-bond acceptors (Lipinski definition) is 11. The molecule has 16 nitrogen and oxygen atoms in total. The monoisotopic (exact) mass is 1150 g/mol. The maximum Gasteiger partial charge on any atom is 0.339 e. The number of hydrogen-bond donors (Lipinski definition) is 3. The first-order valence-electron chi connectivity index (χ1n) is 29.4. The van der Waals surface area contributed by atoms with Crippen molar-refractivity contribution in [3.05, 3.63) is 92.0 Å². The van der Waals surface area contributed by atoms with Gasteiger partial charge in [-0.1, -0.05) is 50.7 Å². The van der Waals surface area contributed by atoms with Gasteiger partial charge in [0.05, 0.1) is 42.9 Å². The highest BCUT2D eigenvalue weighted by molar-refractivity contribution is 7.90. The Morgan fingerprint density at radius 3 is 1.36 bits per heavy atom. The van der Waals surface area contributed by atoms with Crippen LogP contribution in [0.4, 0.5) is 11.4 Å². The number of benzene rings is 4. The second-order valence-electron chi connectivity index (χ2n) is 24.9. The minimum Gasteiger partial charge on any atom is -0.493 e. The summed E-state index contributed by atoms with van der Waals surface area (Å²) in [5.74, 6) is 0.111. The number of nitrogens with one attached hydrogen (secondary N) is 2. The van der Waals surface area contributed by atoms with Crippen molar-refractivity contribution < 1.29 is 55.2 Å². The fourth-order valence-corrected chi connectivity index (χ4v) is 16.5. The van der Waals surface area contributed by atoms with E-state index in [0.29, 0.717) is 72.8 Å². The van der Waals surface area contributed by atoms with Gasteiger partial charge in [-0.2, -0.15) is 25.4 Å². The Bertz CT molecular complexity index is 3260. The maximum atomic E-state index is 13.8. The number of aliphatic carboxylic acids is 1. The van der Waals surface area contributed by atoms with Gasteiger partial charge in [-0.05, 0) is 224 Å². The van der Waals surface area contributed by atoms with Crippen LogP contribution in [0.3, 0.4) is 0 Å². The van der Waals surface area contributed by atoms with Gasteiger partial charge >= 0.3 is 32.4 Å². The Kier molecular flexibility index (Phi) is 18.0. The summed E-state index contributed by atoms with van der Waals surface area (Å²) < 4.78 is 93.9. The van der Waals surface area contributed by atoms with Gasteiger partial charge in [-0.25, -0.2) is 9.59 Å². The number of carboxylic acids is 1. The Morgan fingerprint density at radius 1 is 0.580 bits per heavy atom. The van der Waals surface area contributed by atoms with Crippen LogP contribution in [0.25, 0.3) is 22.3 Å². The topological polar surface area (TPSA) is 199 Å². The maximum absolute atomic E-state index is 13.8. The molecule has 18 heteroatoms. The summed E-state index contributed by atoms with van der Waals surface area (Å²) in [7, 11) is -6.26. The number of fused-ring (bicyclic) bond motifs is 4. The molecule has 0 spiro atoms. The van der Waals surface area contributed by atoms with Crippen molar-refractivity contribution in [3.63, 3.8) is 0 Å². The molecule has 4 aromatic carbocycles. The molecule has 0 aromatic heterocycles. The largest absolute Gasteiger partial charge is 0.493 e. The Labute approximate surface area is 481 Å². The summed E-state index contributed by atoms with van der Waals surface area (Å²) in [4.78, 5) is 26.2. The molecule has 0 saturated heterocycles. The highest BCUT2D eigenvalue weighted by Crippen LogP contribution is 2.48. The predicted molar refractivity (Wildman–Crippen MR) is 317 cm³/mol. The van der Waals surface area contributed by atoms with Crippen LogP contribution in [0.5, 0.6) is 11.5 Å². The van der Waals surface area contributed by atoms with E-state index in [2.05, 4.69) is 21.6 Å². The van der Waals surface area contributed by atoms with E-state index in [1.54, 1.807) is 8.61 Å². The van der Waals surface area contributed by atoms with Crippen LogP contribution in [0.2, 0.25) is 0 Å². The van der Waals surface area contributed by atoms with Crippen molar-refractivity contribution in [1.29, 1.82) is 0 Å². The minimum absolute atomic E-state index is 0.00260. The number of carboxylic acid groups (broad SMARTS) is 1. The van der Waals surface area contributed by atoms with E-state index in [-0.39, 0.29) is 12.1 Å². The zero-order chi connectivity index (χ0) is 58.3. The first-order chi connectivity index (χ1) is 38.3. The summed E-state index contributed by atoms with van der Waals surface area (Å²) >= 11 is 0. The van der Waals surface area contributed by atoms with Crippen LogP contribution in [0.15, 0.2) is 36.4 Å². The van der Waals surface area contributed by atoms with E-state index < -0.39 is 55.8 Å². The SMILES string of the molecule is COC(=O)[C@@H](OC(C)(C)C)c1c(C)c2c(c(C)c1-c1ccc3c(c1)CCCO3)CCN(C1CCCCC1)S(=O)(=O)N2.Cc1c2c(c(C)c([C@H](OC(C)(C)C)C(=O)O)c1-c1ccc3c(c1)CCCO3)NS(=O)(=O)N(C1CCCCC1)CC2. The van der Waals surface area contributed by atoms with Crippen molar-refractivity contribution >= 4 is 43.7 Å². The molecule has 2 atom stereocenters. The number of aryl methyl sites for hydroxylation is 2. The summed E-state index contributed by atoms with van der Waals surface area (Å²) in [5.41, 5.74) is 11.5. The molecule has 4 heterocycles. The van der Waals surface area contributed by atoms with Crippen LogP contribution in [-0.4, -0.2) is 99.2 Å². The highest BCUT2D eigenvalue weighted by Gasteiger charge is 2.41. The van der Waals surface area contributed by atoms with Crippen molar-refractivity contribution in [2.45, 2.75) is 207 Å². The molecule has 0 unspecified atom stereocenters. The van der Waals surface area contributed by atoms with E-state index in [9.17, 15) is 31.5 Å². The third kappa shape index (κ3) is 13.0. The van der Waals surface area contributed by atoms with Gasteiger partial charge in [0.1, 0.15) is 11.5 Å². The lowest BCUT2D eigenvalue weighted by Crippen LogP contribution is -2.44. The first kappa shape index (κ1) is 60.4. The lowest BCUT2D eigenvalue weighted by atomic mass is 9.83. The predicted octanol–water partition coefficient (Wildman–Crippen LogP) is 12.3. The van der Waals surface area contributed by atoms with Gasteiger partial charge < -0.3 is 28.8 Å². The molecular formula is C63H86N4O12S2. The van der Waals surface area contributed by atoms with E-state index in [1.807, 2.05) is 93.5 Å². The number of nitrogens with zero attached hydrogens (tertiary/aromatic N) is 2. The summed E-state index contributed by atoms with van der Waals surface area (Å²) in [6, 6.07) is 12.2. The zero-order valence-corrected chi connectivity index (χ0v) is 51.2. The number of ether oxygens (including phenoxy) is 5. The zero-order valence-electron chi connectivity index (χ0n) is 49.6. The standard InChI is InChI=1S/C32H44N2O6S.C31H42N2O6S/c1-20-25-16-17-34(24-12-8-7-9-13-24)41(36,37)33-29(25)21(2)28(30(31(35)38-6)40-32(3,4)5)27(20)23-14-15-26-22(19-23)11-10-18-39-26;1-19-24-15-16-33(23-11-7-6-8-12-23)40(36,37)32-28(24)20(2)27(29(30(34)35)39-31(3,4)5)26(19)22-13-14-25-21(18-22)10-9-17-38-25/h14-15,19,24,30,33H,7-13,16-18H2,1-6H3;13-14,18,23,29,32H,6-12,15-17H2,1-5H3,(H,34,35)/t30-;29-/m00/s1. The van der Waals surface area contributed by atoms with E-state index in [1.165, 1.54) is 7.11 Å². The lowest BCUT2D eigenvalue weighted by molar-refractivity contribution is -0.164. The fourth-order valence-electron chi connectivity index (χ4n) is 13.3. The Balaban J connectivity index is 0.000000196. The lowest BCUT2D eigenvalue weighted by Gasteiger charge is -2.32. The number of carbonyl (C=O) groups is 2. The quantitative estimate of drug-likeness (QED) is 0.127. The molecule has 0 amide bonds. The van der Waals surface area contributed by atoms with Crippen LogP contribution >= 0.6 is 0 Å². The van der Waals surface area contributed by atoms with Gasteiger partial charge in [-0.3, -0.25) is 9.44 Å². The number of esters is 1. The smallest absolute Gasteiger partial charge is 0.339 e. The van der Waals surface area contributed by atoms with Crippen LogP contribution in [0.1, 0.15) is 186 Å². The van der Waals surface area contributed by atoms with E-state index >= 15 is 0 Å². The third-order valence-electron chi connectivity index (χ3n) is 17.1. The minimum atomic E-state index is -3.82. The molecule has 10 rings (SSSR count). The molecule has 442 valence electrons. The van der Waals surface area contributed by atoms with Crippen LogP contribution < -0.4 is 18.9 Å². The molecular weight excluding hydrogens is 1070 g/mol. The molecule has 2 saturated carbocycles. The second kappa shape index (κ2) is 24.2. The first-order valence-corrected chi connectivity index (χ1v) is 32.3. The average Bonchev–Trinajstić information content (AvgIpc) is 3.86. The Morgan fingerprint density at radius 2 is 0.975 bits per heavy atom. The number of rotatable bonds is 10. The molecule has 0 bridgehead atoms. The fraction of sp³-hybridized carbons (Fsp3) is 0.587. The van der Waals surface area contributed by atoms with Gasteiger partial charge in [0.15, 0.2) is 12.2 Å². The summed E-state index contributed by atoms with van der Waals surface area (Å²) in [6.45, 7) is 21.1. The molecule has 4 aromatic rings. The van der Waals surface area contributed by atoms with Gasteiger partial charge in [0, 0.05) is 36.3 Å². The molecule has 4 aliphatic heterocycles. The van der Waals surface area contributed by atoms with Crippen molar-refractivity contribution in [3.8, 4) is 33.8 Å². The summed E-state index contributed by atoms with van der Waals surface area (Å²) in [6.07, 6.45) is 12.4. The molecule has 2 fully saturated rings. The summed E-state index contributed by atoms with van der Waals surface area (Å²) in [5, 5.41) is 10.5. The van der Waals surface area contributed by atoms with Crippen molar-refractivity contribution in [1.82, 2.24) is 8.61 Å². The molecule has 6 aliphatic rings. The van der Waals surface area contributed by atoms with Crippen molar-refractivity contribution in [2.75, 3.05) is 42.9 Å². The van der Waals surface area contributed by atoms with Gasteiger partial charge in [0.2, 0.25) is 0 Å². The van der Waals surface area contributed by atoms with E-state index in [4.69, 9.17) is 23.7 Å². The number of methoxy groups -OCH3 is 1. The second-order valence-corrected chi connectivity index (χ2v) is 28.2. The van der Waals surface area contributed by atoms with Gasteiger partial charge in [-0.15, -0.1) is 0 Å². The molecule has 2 aliphatic carbocycles. The molecule has 3 N–H and O–H groups in total. The number of anilines is 2. The van der Waals surface area contributed by atoms with Crippen LogP contribution in [-0.2, 0) is 69.9 Å². The van der Waals surface area contributed by atoms with Gasteiger partial charge in [0.25, 0.3) is 0 Å². The molecule has 81 heavy (non-hydrogen) atoms. The normalized spacial score (nSPS) is 20.3. The van der Waals surface area contributed by atoms with E-state index in [0.717, 1.165) is 157 Å². The molecule has 0 radical (unpaired) electrons. The number of carbonyl (C=O) groups excluding carboxylic acids is 1. The average molecular weight is 1160 g/mol. The highest BCUT2D eigenvalue weighted by atomic mass is 32.2. The van der Waals surface area contributed by atoms with Crippen LogP contribution in [0, 0.1) is 27.7 Å². The van der Waals surface area contributed by atoms with Crippen molar-refractivity contribution in [2.24, 2.45) is 0 Å². The third-order valence-corrected chi connectivity index (χ3v) is 20.2.